The zero-order valence-electron chi connectivity index (χ0n) is 15.9. The van der Waals surface area contributed by atoms with E-state index in [1.165, 1.54) is 0 Å². The van der Waals surface area contributed by atoms with Gasteiger partial charge in [0.1, 0.15) is 5.75 Å². The molecule has 0 aliphatic carbocycles. The molecule has 0 heterocycles. The molecule has 0 aromatic heterocycles. The molecule has 0 fully saturated rings. The van der Waals surface area contributed by atoms with Crippen LogP contribution in [-0.4, -0.2) is 25.1 Å². The van der Waals surface area contributed by atoms with Crippen LogP contribution >= 0.6 is 15.9 Å². The van der Waals surface area contributed by atoms with E-state index < -0.39 is 5.97 Å². The van der Waals surface area contributed by atoms with E-state index in [0.29, 0.717) is 23.6 Å². The Morgan fingerprint density at radius 2 is 1.66 bits per heavy atom. The Morgan fingerprint density at radius 3 is 2.31 bits per heavy atom. The van der Waals surface area contributed by atoms with Crippen molar-refractivity contribution in [1.29, 1.82) is 0 Å². The van der Waals surface area contributed by atoms with Crippen LogP contribution in [0.1, 0.15) is 17.3 Å². The molecule has 3 aromatic carbocycles. The van der Waals surface area contributed by atoms with Crippen molar-refractivity contribution in [2.45, 2.75) is 6.92 Å². The van der Waals surface area contributed by atoms with Gasteiger partial charge in [0.05, 0.1) is 16.6 Å². The highest BCUT2D eigenvalue weighted by Crippen LogP contribution is 2.30. The van der Waals surface area contributed by atoms with Crippen LogP contribution in [0, 0.1) is 0 Å². The molecule has 1 N–H and O–H groups in total. The fourth-order valence-corrected chi connectivity index (χ4v) is 3.17. The molecule has 0 unspecified atom stereocenters. The number of anilines is 1. The summed E-state index contributed by atoms with van der Waals surface area (Å²) in [5.74, 6) is -0.108. The SMILES string of the molecule is CCOC(=O)c1ccc(NC(=O)COc2ccc(-c3ccccc3)cc2Br)cc1. The van der Waals surface area contributed by atoms with Gasteiger partial charge in [-0.05, 0) is 70.4 Å². The van der Waals surface area contributed by atoms with Crippen molar-refractivity contribution in [1.82, 2.24) is 0 Å². The highest BCUT2D eigenvalue weighted by Gasteiger charge is 2.09. The summed E-state index contributed by atoms with van der Waals surface area (Å²) in [6, 6.07) is 22.2. The van der Waals surface area contributed by atoms with Crippen molar-refractivity contribution < 1.29 is 19.1 Å². The van der Waals surface area contributed by atoms with Gasteiger partial charge in [0.15, 0.2) is 6.61 Å². The van der Waals surface area contributed by atoms with E-state index in [4.69, 9.17) is 9.47 Å². The summed E-state index contributed by atoms with van der Waals surface area (Å²) in [6.45, 7) is 1.93. The van der Waals surface area contributed by atoms with Crippen LogP contribution in [-0.2, 0) is 9.53 Å². The average Bonchev–Trinajstić information content (AvgIpc) is 2.74. The van der Waals surface area contributed by atoms with Gasteiger partial charge in [-0.3, -0.25) is 4.79 Å². The van der Waals surface area contributed by atoms with E-state index in [2.05, 4.69) is 21.2 Å². The maximum atomic E-state index is 12.2. The van der Waals surface area contributed by atoms with Gasteiger partial charge in [0.25, 0.3) is 5.91 Å². The van der Waals surface area contributed by atoms with Gasteiger partial charge >= 0.3 is 5.97 Å². The Labute approximate surface area is 177 Å². The molecule has 6 heteroatoms. The minimum absolute atomic E-state index is 0.136. The molecule has 0 aliphatic heterocycles. The monoisotopic (exact) mass is 453 g/mol. The zero-order valence-corrected chi connectivity index (χ0v) is 17.4. The van der Waals surface area contributed by atoms with Crippen LogP contribution < -0.4 is 10.1 Å². The first-order chi connectivity index (χ1) is 14.1. The molecule has 5 nitrogen and oxygen atoms in total. The van der Waals surface area contributed by atoms with Crippen molar-refractivity contribution in [3.05, 3.63) is 82.8 Å². The van der Waals surface area contributed by atoms with Gasteiger partial charge in [-0.1, -0.05) is 36.4 Å². The van der Waals surface area contributed by atoms with Crippen molar-refractivity contribution in [3.8, 4) is 16.9 Å². The molecule has 148 valence electrons. The number of carbonyl (C=O) groups is 2. The molecule has 0 saturated heterocycles. The standard InChI is InChI=1S/C23H20BrNO4/c1-2-28-23(27)17-8-11-19(12-9-17)25-22(26)15-29-21-13-10-18(14-20(21)24)16-6-4-3-5-7-16/h3-14H,2,15H2,1H3,(H,25,26). The van der Waals surface area contributed by atoms with Crippen LogP contribution in [0.5, 0.6) is 5.75 Å². The van der Waals surface area contributed by atoms with Crippen molar-refractivity contribution in [2.75, 3.05) is 18.5 Å². The van der Waals surface area contributed by atoms with Crippen LogP contribution in [0.3, 0.4) is 0 Å². The normalized spacial score (nSPS) is 10.3. The molecule has 0 bridgehead atoms. The lowest BCUT2D eigenvalue weighted by molar-refractivity contribution is -0.118. The van der Waals surface area contributed by atoms with E-state index in [9.17, 15) is 9.59 Å². The number of hydrogen-bond acceptors (Lipinski definition) is 4. The van der Waals surface area contributed by atoms with Crippen LogP contribution in [0.25, 0.3) is 11.1 Å². The second-order valence-electron chi connectivity index (χ2n) is 6.15. The summed E-state index contributed by atoms with van der Waals surface area (Å²) in [7, 11) is 0. The fraction of sp³-hybridized carbons (Fsp3) is 0.130. The molecular formula is C23H20BrNO4. The summed E-state index contributed by atoms with van der Waals surface area (Å²) < 4.78 is 11.3. The molecule has 0 atom stereocenters. The smallest absolute Gasteiger partial charge is 0.338 e. The van der Waals surface area contributed by atoms with E-state index in [1.807, 2.05) is 48.5 Å². The Morgan fingerprint density at radius 1 is 0.931 bits per heavy atom. The van der Waals surface area contributed by atoms with Gasteiger partial charge in [-0.2, -0.15) is 0 Å². The van der Waals surface area contributed by atoms with E-state index >= 15 is 0 Å². The third kappa shape index (κ3) is 5.68. The Bertz CT molecular complexity index is 988. The first-order valence-electron chi connectivity index (χ1n) is 9.11. The summed E-state index contributed by atoms with van der Waals surface area (Å²) in [6.07, 6.45) is 0. The number of halogens is 1. The Balaban J connectivity index is 1.56. The van der Waals surface area contributed by atoms with Crippen molar-refractivity contribution >= 4 is 33.5 Å². The second-order valence-corrected chi connectivity index (χ2v) is 7.00. The fourth-order valence-electron chi connectivity index (χ4n) is 2.67. The third-order valence-electron chi connectivity index (χ3n) is 4.08. The molecule has 0 spiro atoms. The summed E-state index contributed by atoms with van der Waals surface area (Å²) in [5.41, 5.74) is 3.16. The molecule has 0 radical (unpaired) electrons. The quantitative estimate of drug-likeness (QED) is 0.492. The lowest BCUT2D eigenvalue weighted by Crippen LogP contribution is -2.20. The van der Waals surface area contributed by atoms with Gasteiger partial charge in [0.2, 0.25) is 0 Å². The first kappa shape index (κ1) is 20.6. The lowest BCUT2D eigenvalue weighted by atomic mass is 10.1. The molecule has 1 amide bonds. The van der Waals surface area contributed by atoms with E-state index in [1.54, 1.807) is 31.2 Å². The Hall–Kier alpha value is -3.12. The maximum absolute atomic E-state index is 12.2. The summed E-state index contributed by atoms with van der Waals surface area (Å²) >= 11 is 3.50. The molecule has 3 rings (SSSR count). The van der Waals surface area contributed by atoms with Gasteiger partial charge < -0.3 is 14.8 Å². The van der Waals surface area contributed by atoms with Crippen molar-refractivity contribution in [3.63, 3.8) is 0 Å². The largest absolute Gasteiger partial charge is 0.483 e. The maximum Gasteiger partial charge on any atom is 0.338 e. The second kappa shape index (κ2) is 9.89. The topological polar surface area (TPSA) is 64.6 Å². The zero-order chi connectivity index (χ0) is 20.6. The predicted octanol–water partition coefficient (Wildman–Crippen LogP) is 5.31. The summed E-state index contributed by atoms with van der Waals surface area (Å²) in [4.78, 5) is 23.8. The number of amides is 1. The van der Waals surface area contributed by atoms with Gasteiger partial charge in [-0.25, -0.2) is 4.79 Å². The minimum Gasteiger partial charge on any atom is -0.483 e. The number of benzene rings is 3. The predicted molar refractivity (Wildman–Crippen MR) is 116 cm³/mol. The number of rotatable bonds is 7. The molecule has 29 heavy (non-hydrogen) atoms. The highest BCUT2D eigenvalue weighted by atomic mass is 79.9. The van der Waals surface area contributed by atoms with Crippen LogP contribution in [0.4, 0.5) is 5.69 Å². The average molecular weight is 454 g/mol. The third-order valence-corrected chi connectivity index (χ3v) is 4.70. The van der Waals surface area contributed by atoms with Gasteiger partial charge in [0, 0.05) is 5.69 Å². The van der Waals surface area contributed by atoms with E-state index in [-0.39, 0.29) is 12.5 Å². The number of nitrogens with one attached hydrogen (secondary N) is 1. The molecule has 0 saturated carbocycles. The number of hydrogen-bond donors (Lipinski definition) is 1. The molecule has 3 aromatic rings. The lowest BCUT2D eigenvalue weighted by Gasteiger charge is -2.11. The Kier molecular flexibility index (Phi) is 7.03. The van der Waals surface area contributed by atoms with Crippen LogP contribution in [0.2, 0.25) is 0 Å². The molecular weight excluding hydrogens is 434 g/mol. The number of ether oxygens (including phenoxy) is 2. The van der Waals surface area contributed by atoms with E-state index in [0.717, 1.165) is 15.6 Å². The number of carbonyl (C=O) groups excluding carboxylic acids is 2. The van der Waals surface area contributed by atoms with Crippen molar-refractivity contribution in [2.24, 2.45) is 0 Å². The first-order valence-corrected chi connectivity index (χ1v) is 9.91. The minimum atomic E-state index is -0.391. The van der Waals surface area contributed by atoms with Crippen LogP contribution in [0.15, 0.2) is 77.3 Å². The molecule has 0 aliphatic rings. The highest BCUT2D eigenvalue weighted by molar-refractivity contribution is 9.10. The number of esters is 1. The van der Waals surface area contributed by atoms with Gasteiger partial charge in [-0.15, -0.1) is 0 Å². The summed E-state index contributed by atoms with van der Waals surface area (Å²) in [5, 5.41) is 2.74.